The third kappa shape index (κ3) is 3.53. The number of hydrogen-bond acceptors (Lipinski definition) is 3. The Kier molecular flexibility index (Phi) is 5.08. The van der Waals surface area contributed by atoms with Crippen LogP contribution in [-0.2, 0) is 4.79 Å². The van der Waals surface area contributed by atoms with Gasteiger partial charge >= 0.3 is 0 Å². The molecular weight excluding hydrogens is 250 g/mol. The fraction of sp³-hybridized carbons (Fsp3) is 0.938. The number of rotatable bonds is 6. The summed E-state index contributed by atoms with van der Waals surface area (Å²) in [6.45, 7) is 7.71. The van der Waals surface area contributed by atoms with Crippen LogP contribution < -0.4 is 11.1 Å². The number of amides is 1. The van der Waals surface area contributed by atoms with Gasteiger partial charge < -0.3 is 11.1 Å². The smallest absolute Gasteiger partial charge is 0.219 e. The third-order valence-electron chi connectivity index (χ3n) is 4.96. The van der Waals surface area contributed by atoms with Crippen molar-refractivity contribution in [3.05, 3.63) is 0 Å². The van der Waals surface area contributed by atoms with Gasteiger partial charge in [-0.3, -0.25) is 9.69 Å². The van der Waals surface area contributed by atoms with Crippen molar-refractivity contribution in [1.29, 1.82) is 0 Å². The molecule has 1 amide bonds. The number of carbonyl (C=O) groups excluding carboxylic acids is 1. The van der Waals surface area contributed by atoms with E-state index in [0.717, 1.165) is 6.54 Å². The van der Waals surface area contributed by atoms with Crippen LogP contribution in [0.2, 0.25) is 0 Å². The quantitative estimate of drug-likeness (QED) is 0.783. The zero-order chi connectivity index (χ0) is 14.8. The summed E-state index contributed by atoms with van der Waals surface area (Å²) in [6.07, 6.45) is 7.97. The number of nitrogens with two attached hydrogens (primary N) is 1. The van der Waals surface area contributed by atoms with Gasteiger partial charge in [0.05, 0.1) is 0 Å². The second kappa shape index (κ2) is 6.44. The monoisotopic (exact) mass is 281 g/mol. The molecular formula is C16H31N3O. The van der Waals surface area contributed by atoms with Crippen LogP contribution in [0.4, 0.5) is 0 Å². The number of fused-ring (bicyclic) bond motifs is 2. The van der Waals surface area contributed by atoms with E-state index in [9.17, 15) is 4.79 Å². The predicted molar refractivity (Wildman–Crippen MR) is 82.5 cm³/mol. The van der Waals surface area contributed by atoms with E-state index in [1.165, 1.54) is 38.5 Å². The number of hydrogen-bond donors (Lipinski definition) is 2. The predicted octanol–water partition coefficient (Wildman–Crippen LogP) is 2.03. The second-order valence-corrected chi connectivity index (χ2v) is 7.22. The van der Waals surface area contributed by atoms with Crippen LogP contribution in [0.25, 0.3) is 0 Å². The maximum Gasteiger partial charge on any atom is 0.219 e. The summed E-state index contributed by atoms with van der Waals surface area (Å²) in [5.41, 5.74) is 5.35. The van der Waals surface area contributed by atoms with Crippen LogP contribution in [0.15, 0.2) is 0 Å². The van der Waals surface area contributed by atoms with Crippen molar-refractivity contribution < 1.29 is 4.79 Å². The maximum atomic E-state index is 11.4. The summed E-state index contributed by atoms with van der Waals surface area (Å²) in [5.74, 6) is -0.181. The molecule has 2 bridgehead atoms. The van der Waals surface area contributed by atoms with E-state index < -0.39 is 0 Å². The molecule has 0 aliphatic carbocycles. The summed E-state index contributed by atoms with van der Waals surface area (Å²) >= 11 is 0. The molecule has 2 saturated heterocycles. The lowest BCUT2D eigenvalue weighted by atomic mass is 9.77. The number of piperidine rings is 2. The van der Waals surface area contributed by atoms with Crippen LogP contribution in [0.5, 0.6) is 0 Å². The van der Waals surface area contributed by atoms with Crippen LogP contribution in [-0.4, -0.2) is 41.0 Å². The third-order valence-corrected chi connectivity index (χ3v) is 4.96. The number of carbonyl (C=O) groups is 1. The van der Waals surface area contributed by atoms with Gasteiger partial charge in [0.15, 0.2) is 0 Å². The van der Waals surface area contributed by atoms with Crippen molar-refractivity contribution in [2.24, 2.45) is 5.73 Å². The highest BCUT2D eigenvalue weighted by Crippen LogP contribution is 2.40. The average Bonchev–Trinajstić information content (AvgIpc) is 2.33. The van der Waals surface area contributed by atoms with Gasteiger partial charge in [-0.2, -0.15) is 0 Å². The van der Waals surface area contributed by atoms with E-state index in [2.05, 4.69) is 31.0 Å². The van der Waals surface area contributed by atoms with Gasteiger partial charge in [0, 0.05) is 30.1 Å². The molecule has 4 heteroatoms. The molecule has 2 rings (SSSR count). The SMILES string of the molecule is CCCNC1CC2CCCC(C1)N2C(C)(C)CC(N)=O. The highest BCUT2D eigenvalue weighted by Gasteiger charge is 2.45. The summed E-state index contributed by atoms with van der Waals surface area (Å²) in [7, 11) is 0. The molecule has 116 valence electrons. The van der Waals surface area contributed by atoms with Gasteiger partial charge in [-0.25, -0.2) is 0 Å². The molecule has 0 radical (unpaired) electrons. The summed E-state index contributed by atoms with van der Waals surface area (Å²) < 4.78 is 0. The van der Waals surface area contributed by atoms with Crippen molar-refractivity contribution >= 4 is 5.91 Å². The Bertz CT molecular complexity index is 329. The Hall–Kier alpha value is -0.610. The first kappa shape index (κ1) is 15.8. The second-order valence-electron chi connectivity index (χ2n) is 7.22. The molecule has 2 atom stereocenters. The average molecular weight is 281 g/mol. The van der Waals surface area contributed by atoms with Crippen LogP contribution in [0.1, 0.15) is 65.7 Å². The summed E-state index contributed by atoms with van der Waals surface area (Å²) in [5, 5.41) is 3.69. The van der Waals surface area contributed by atoms with Gasteiger partial charge in [0.25, 0.3) is 0 Å². The number of nitrogens with one attached hydrogen (secondary N) is 1. The number of primary amides is 1. The highest BCUT2D eigenvalue weighted by molar-refractivity contribution is 5.75. The van der Waals surface area contributed by atoms with Crippen molar-refractivity contribution in [1.82, 2.24) is 10.2 Å². The van der Waals surface area contributed by atoms with Crippen molar-refractivity contribution in [2.75, 3.05) is 6.54 Å². The van der Waals surface area contributed by atoms with Gasteiger partial charge in [0.2, 0.25) is 5.91 Å². The first-order valence-corrected chi connectivity index (χ1v) is 8.24. The van der Waals surface area contributed by atoms with Crippen molar-refractivity contribution in [3.8, 4) is 0 Å². The molecule has 0 aromatic rings. The lowest BCUT2D eigenvalue weighted by Crippen LogP contribution is -2.63. The topological polar surface area (TPSA) is 58.4 Å². The van der Waals surface area contributed by atoms with E-state index in [1.807, 2.05) is 0 Å². The van der Waals surface area contributed by atoms with Crippen LogP contribution in [0.3, 0.4) is 0 Å². The Morgan fingerprint density at radius 1 is 1.30 bits per heavy atom. The van der Waals surface area contributed by atoms with E-state index in [1.54, 1.807) is 0 Å². The minimum absolute atomic E-state index is 0.0999. The molecule has 20 heavy (non-hydrogen) atoms. The van der Waals surface area contributed by atoms with Crippen LogP contribution in [0, 0.1) is 0 Å². The lowest BCUT2D eigenvalue weighted by molar-refractivity contribution is -0.123. The zero-order valence-corrected chi connectivity index (χ0v) is 13.3. The van der Waals surface area contributed by atoms with E-state index in [-0.39, 0.29) is 11.4 Å². The summed E-state index contributed by atoms with van der Waals surface area (Å²) in [6, 6.07) is 1.89. The fourth-order valence-electron chi connectivity index (χ4n) is 4.40. The first-order chi connectivity index (χ1) is 9.44. The van der Waals surface area contributed by atoms with Crippen molar-refractivity contribution in [2.45, 2.75) is 89.4 Å². The zero-order valence-electron chi connectivity index (χ0n) is 13.3. The van der Waals surface area contributed by atoms with Gasteiger partial charge in [-0.15, -0.1) is 0 Å². The highest BCUT2D eigenvalue weighted by atomic mass is 16.1. The Labute approximate surface area is 123 Å². The number of nitrogens with zero attached hydrogens (tertiary/aromatic N) is 1. The van der Waals surface area contributed by atoms with Gasteiger partial charge in [-0.1, -0.05) is 13.3 Å². The van der Waals surface area contributed by atoms with Crippen LogP contribution >= 0.6 is 0 Å². The van der Waals surface area contributed by atoms with Gasteiger partial charge in [-0.05, 0) is 52.5 Å². The molecule has 0 saturated carbocycles. The normalized spacial score (nSPS) is 31.2. The molecule has 0 spiro atoms. The molecule has 2 heterocycles. The Balaban J connectivity index is 2.06. The molecule has 0 aromatic heterocycles. The van der Waals surface area contributed by atoms with E-state index >= 15 is 0 Å². The molecule has 3 N–H and O–H groups in total. The maximum absolute atomic E-state index is 11.4. The van der Waals surface area contributed by atoms with Crippen molar-refractivity contribution in [3.63, 3.8) is 0 Å². The molecule has 4 nitrogen and oxygen atoms in total. The summed E-state index contributed by atoms with van der Waals surface area (Å²) in [4.78, 5) is 14.0. The molecule has 0 aromatic carbocycles. The molecule has 2 fully saturated rings. The Morgan fingerprint density at radius 3 is 2.40 bits per heavy atom. The minimum Gasteiger partial charge on any atom is -0.370 e. The van der Waals surface area contributed by atoms with E-state index in [4.69, 9.17) is 5.73 Å². The first-order valence-electron chi connectivity index (χ1n) is 8.24. The fourth-order valence-corrected chi connectivity index (χ4v) is 4.40. The molecule has 2 unspecified atom stereocenters. The lowest BCUT2D eigenvalue weighted by Gasteiger charge is -2.55. The standard InChI is InChI=1S/C16H31N3O/c1-4-8-18-12-9-13-6-5-7-14(10-12)19(13)16(2,3)11-15(17)20/h12-14,18H,4-11H2,1-3H3,(H2,17,20). The van der Waals surface area contributed by atoms with E-state index in [0.29, 0.717) is 24.5 Å². The van der Waals surface area contributed by atoms with Gasteiger partial charge in [0.1, 0.15) is 0 Å². The molecule has 2 aliphatic rings. The largest absolute Gasteiger partial charge is 0.370 e. The minimum atomic E-state index is -0.181. The Morgan fingerprint density at radius 2 is 1.90 bits per heavy atom. The molecule has 2 aliphatic heterocycles.